The molecule has 2 unspecified atom stereocenters. The number of hydrogen-bond donors (Lipinski definition) is 3. The zero-order valence-corrected chi connectivity index (χ0v) is 66.0. The first-order chi connectivity index (χ1) is 47.2. The second-order valence-corrected chi connectivity index (χ2v) is 32.8. The Morgan fingerprint density at radius 3 is 0.694 bits per heavy atom. The van der Waals surface area contributed by atoms with Gasteiger partial charge < -0.3 is 33.8 Å². The van der Waals surface area contributed by atoms with Gasteiger partial charge in [-0.3, -0.25) is 37.3 Å². The van der Waals surface area contributed by atoms with Gasteiger partial charge in [0.05, 0.1) is 26.4 Å². The van der Waals surface area contributed by atoms with Crippen molar-refractivity contribution in [3.05, 3.63) is 0 Å². The van der Waals surface area contributed by atoms with Crippen molar-refractivity contribution in [1.82, 2.24) is 0 Å². The van der Waals surface area contributed by atoms with E-state index in [1.54, 1.807) is 0 Å². The molecule has 0 bridgehead atoms. The van der Waals surface area contributed by atoms with Gasteiger partial charge in [0.15, 0.2) is 12.2 Å². The van der Waals surface area contributed by atoms with Gasteiger partial charge in [-0.2, -0.15) is 0 Å². The van der Waals surface area contributed by atoms with Crippen LogP contribution >= 0.6 is 15.6 Å². The molecule has 0 heterocycles. The van der Waals surface area contributed by atoms with Crippen LogP contribution in [0.2, 0.25) is 0 Å². The maximum Gasteiger partial charge on any atom is 0.472 e. The van der Waals surface area contributed by atoms with Gasteiger partial charge >= 0.3 is 39.5 Å². The average Bonchev–Trinajstić information content (AvgIpc) is 1.01. The largest absolute Gasteiger partial charge is 0.472 e. The number of phosphoric acid groups is 2. The lowest BCUT2D eigenvalue weighted by atomic mass is 10.0. The maximum absolute atomic E-state index is 13.1. The number of carbonyl (C=O) groups excluding carboxylic acids is 4. The molecule has 0 fully saturated rings. The highest BCUT2D eigenvalue weighted by molar-refractivity contribution is 7.47. The van der Waals surface area contributed by atoms with Crippen molar-refractivity contribution in [2.24, 2.45) is 17.8 Å². The maximum atomic E-state index is 13.1. The Morgan fingerprint density at radius 2 is 0.469 bits per heavy atom. The van der Waals surface area contributed by atoms with Crippen molar-refractivity contribution in [2.45, 2.75) is 426 Å². The van der Waals surface area contributed by atoms with E-state index < -0.39 is 97.5 Å². The van der Waals surface area contributed by atoms with Crippen LogP contribution in [0.4, 0.5) is 0 Å². The molecule has 0 aliphatic rings. The molecule has 19 heteroatoms. The Morgan fingerprint density at radius 1 is 0.276 bits per heavy atom. The SMILES string of the molecule is CCCCCCCCCCCCCCCCCC(=O)OC[C@H](COP(=O)(O)OC[C@@H](O)COP(=O)(O)OC[C@@H](COC(=O)CCCCCCCCCC(C)C)OC(=O)CCCCCCCCCCCCCC(C)C)OC(=O)CCCCCCCCCCCCCCCCCCC(C)C. The van der Waals surface area contributed by atoms with Gasteiger partial charge in [-0.15, -0.1) is 0 Å². The van der Waals surface area contributed by atoms with Crippen molar-refractivity contribution in [3.8, 4) is 0 Å². The first-order valence-electron chi connectivity index (χ1n) is 40.8. The second kappa shape index (κ2) is 69.4. The van der Waals surface area contributed by atoms with Crippen molar-refractivity contribution in [2.75, 3.05) is 39.6 Å². The fraction of sp³-hybridized carbons (Fsp3) is 0.949. The summed E-state index contributed by atoms with van der Waals surface area (Å²) in [7, 11) is -9.92. The molecule has 0 radical (unpaired) electrons. The van der Waals surface area contributed by atoms with E-state index in [0.717, 1.165) is 108 Å². The summed E-state index contributed by atoms with van der Waals surface area (Å²) < 4.78 is 68.6. The van der Waals surface area contributed by atoms with Crippen LogP contribution in [-0.4, -0.2) is 96.7 Å². The number of unbranched alkanes of at least 4 members (excludes halogenated alkanes) is 45. The molecular weight excluding hydrogens is 1280 g/mol. The standard InChI is InChI=1S/C79H154O17P2/c1-8-9-10-11-12-13-14-15-18-22-27-32-39-46-53-60-76(81)89-66-74(95-78(83)62-55-48-40-33-28-23-20-17-16-19-21-25-30-36-43-50-57-70(2)3)68-93-97(85,86)91-64-73(80)65-92-98(87,88)94-69-75(67-90-77(82)61-54-47-42-35-38-45-52-59-72(6)7)96-79(84)63-56-49-41-34-29-24-26-31-37-44-51-58-71(4)5/h70-75,80H,8-69H2,1-7H3,(H,85,86)(H,87,88)/t73-,74-,75-/m1/s1. The number of aliphatic hydroxyl groups is 1. The van der Waals surface area contributed by atoms with Gasteiger partial charge in [-0.1, -0.05) is 357 Å². The van der Waals surface area contributed by atoms with Gasteiger partial charge in [0.25, 0.3) is 0 Å². The van der Waals surface area contributed by atoms with Crippen LogP contribution < -0.4 is 0 Å². The fourth-order valence-electron chi connectivity index (χ4n) is 12.1. The Hall–Kier alpha value is -1.94. The number of esters is 4. The molecule has 0 aromatic carbocycles. The van der Waals surface area contributed by atoms with Crippen LogP contribution in [0.3, 0.4) is 0 Å². The van der Waals surface area contributed by atoms with Gasteiger partial charge in [-0.25, -0.2) is 9.13 Å². The summed E-state index contributed by atoms with van der Waals surface area (Å²) in [6, 6.07) is 0. The topological polar surface area (TPSA) is 237 Å². The minimum Gasteiger partial charge on any atom is -0.462 e. The lowest BCUT2D eigenvalue weighted by Crippen LogP contribution is -2.30. The predicted molar refractivity (Wildman–Crippen MR) is 400 cm³/mol. The number of hydrogen-bond acceptors (Lipinski definition) is 15. The molecule has 0 amide bonds. The molecular formula is C79H154O17P2. The smallest absolute Gasteiger partial charge is 0.462 e. The van der Waals surface area contributed by atoms with Crippen LogP contribution in [-0.2, 0) is 65.4 Å². The highest BCUT2D eigenvalue weighted by Gasteiger charge is 2.30. The average molecular weight is 1440 g/mol. The van der Waals surface area contributed by atoms with Crippen molar-refractivity contribution in [3.63, 3.8) is 0 Å². The van der Waals surface area contributed by atoms with E-state index in [1.807, 2.05) is 0 Å². The summed E-state index contributed by atoms with van der Waals surface area (Å²) in [4.78, 5) is 72.9. The monoisotopic (exact) mass is 1440 g/mol. The van der Waals surface area contributed by atoms with Crippen LogP contribution in [0, 0.1) is 17.8 Å². The van der Waals surface area contributed by atoms with Crippen LogP contribution in [0.25, 0.3) is 0 Å². The molecule has 17 nitrogen and oxygen atoms in total. The quantitative estimate of drug-likeness (QED) is 0.0222. The summed E-state index contributed by atoms with van der Waals surface area (Å²) in [5, 5.41) is 10.6. The van der Waals surface area contributed by atoms with E-state index in [0.29, 0.717) is 31.6 Å². The minimum absolute atomic E-state index is 0.106. The summed E-state index contributed by atoms with van der Waals surface area (Å²) in [5.74, 6) is 0.166. The highest BCUT2D eigenvalue weighted by atomic mass is 31.2. The summed E-state index contributed by atoms with van der Waals surface area (Å²) in [6.45, 7) is 11.9. The third kappa shape index (κ3) is 72.4. The summed E-state index contributed by atoms with van der Waals surface area (Å²) >= 11 is 0. The van der Waals surface area contributed by atoms with E-state index >= 15 is 0 Å². The first kappa shape index (κ1) is 96.1. The Kier molecular flexibility index (Phi) is 68.1. The third-order valence-electron chi connectivity index (χ3n) is 18.4. The van der Waals surface area contributed by atoms with Crippen molar-refractivity contribution < 1.29 is 80.2 Å². The highest BCUT2D eigenvalue weighted by Crippen LogP contribution is 2.45. The molecule has 0 aliphatic heterocycles. The Bertz CT molecular complexity index is 1900. The zero-order chi connectivity index (χ0) is 72.3. The molecule has 5 atom stereocenters. The molecule has 0 aliphatic carbocycles. The van der Waals surface area contributed by atoms with E-state index in [-0.39, 0.29) is 25.7 Å². The molecule has 0 rings (SSSR count). The fourth-order valence-corrected chi connectivity index (χ4v) is 13.7. The van der Waals surface area contributed by atoms with E-state index in [4.69, 9.17) is 37.0 Å². The van der Waals surface area contributed by atoms with E-state index in [9.17, 15) is 43.2 Å². The van der Waals surface area contributed by atoms with Crippen LogP contribution in [0.15, 0.2) is 0 Å². The first-order valence-corrected chi connectivity index (χ1v) is 43.8. The predicted octanol–water partition coefficient (Wildman–Crippen LogP) is 23.4. The molecule has 582 valence electrons. The van der Waals surface area contributed by atoms with Crippen LogP contribution in [0.1, 0.15) is 408 Å². The van der Waals surface area contributed by atoms with E-state index in [1.165, 1.54) is 212 Å². The van der Waals surface area contributed by atoms with Gasteiger partial charge in [0.2, 0.25) is 0 Å². The number of aliphatic hydroxyl groups excluding tert-OH is 1. The van der Waals surface area contributed by atoms with Crippen molar-refractivity contribution >= 4 is 39.5 Å². The van der Waals surface area contributed by atoms with Crippen molar-refractivity contribution in [1.29, 1.82) is 0 Å². The summed E-state index contributed by atoms with van der Waals surface area (Å²) in [5.41, 5.74) is 0. The molecule has 3 N–H and O–H groups in total. The second-order valence-electron chi connectivity index (χ2n) is 29.9. The number of ether oxygens (including phenoxy) is 4. The zero-order valence-electron chi connectivity index (χ0n) is 64.3. The third-order valence-corrected chi connectivity index (χ3v) is 20.3. The van der Waals surface area contributed by atoms with Crippen LogP contribution in [0.5, 0.6) is 0 Å². The molecule has 0 saturated heterocycles. The Labute approximate surface area is 600 Å². The number of phosphoric ester groups is 2. The Balaban J connectivity index is 5.24. The van der Waals surface area contributed by atoms with Gasteiger partial charge in [0, 0.05) is 25.7 Å². The van der Waals surface area contributed by atoms with E-state index in [2.05, 4.69) is 48.5 Å². The lowest BCUT2D eigenvalue weighted by Gasteiger charge is -2.21. The molecule has 0 aromatic rings. The summed E-state index contributed by atoms with van der Waals surface area (Å²) in [6.07, 6.45) is 56.9. The minimum atomic E-state index is -4.96. The molecule has 0 aromatic heterocycles. The number of rotatable bonds is 77. The molecule has 0 saturated carbocycles. The molecule has 98 heavy (non-hydrogen) atoms. The van der Waals surface area contributed by atoms with Gasteiger partial charge in [-0.05, 0) is 43.4 Å². The lowest BCUT2D eigenvalue weighted by molar-refractivity contribution is -0.161. The normalized spacial score (nSPS) is 14.0. The molecule has 0 spiro atoms. The van der Waals surface area contributed by atoms with Gasteiger partial charge in [0.1, 0.15) is 19.3 Å². The number of carbonyl (C=O) groups is 4.